The van der Waals surface area contributed by atoms with Gasteiger partial charge >= 0.3 is 24.2 Å². The summed E-state index contributed by atoms with van der Waals surface area (Å²) in [6.45, 7) is 1.84. The summed E-state index contributed by atoms with van der Waals surface area (Å²) in [5.41, 5.74) is 7.48. The molecule has 1 aromatic rings. The SMILES string of the molecule is CCCCOC(=O)N[C@@H](CNC(=O)CC1CC(c2ccc(C(=N)N)cc2)=NO1)C(=O)O.O=C(O)C(F)(F)F. The van der Waals surface area contributed by atoms with E-state index in [2.05, 4.69) is 15.8 Å². The average molecular weight is 547 g/mol. The smallest absolute Gasteiger partial charge is 0.480 e. The molecule has 0 aliphatic carbocycles. The molecule has 2 rings (SSSR count). The molecule has 0 fully saturated rings. The Bertz CT molecular complexity index is 1030. The number of nitrogen functional groups attached to an aromatic ring is 1. The molecule has 1 aliphatic rings. The van der Waals surface area contributed by atoms with Crippen molar-refractivity contribution in [1.29, 1.82) is 5.41 Å². The Morgan fingerprint density at radius 1 is 1.24 bits per heavy atom. The quantitative estimate of drug-likeness (QED) is 0.135. The van der Waals surface area contributed by atoms with Gasteiger partial charge in [-0.05, 0) is 12.0 Å². The molecule has 2 atom stereocenters. The molecule has 38 heavy (non-hydrogen) atoms. The predicted molar refractivity (Wildman–Crippen MR) is 126 cm³/mol. The fraction of sp³-hybridized carbons (Fsp3) is 0.455. The minimum Gasteiger partial charge on any atom is -0.480 e. The Balaban J connectivity index is 0.000000905. The zero-order valence-electron chi connectivity index (χ0n) is 20.2. The molecule has 0 saturated carbocycles. The van der Waals surface area contributed by atoms with Crippen molar-refractivity contribution in [2.75, 3.05) is 13.2 Å². The number of halogens is 3. The summed E-state index contributed by atoms with van der Waals surface area (Å²) in [5, 5.41) is 32.4. The van der Waals surface area contributed by atoms with Crippen LogP contribution in [-0.2, 0) is 24.0 Å². The highest BCUT2D eigenvalue weighted by molar-refractivity contribution is 6.02. The van der Waals surface area contributed by atoms with Crippen LogP contribution < -0.4 is 16.4 Å². The minimum absolute atomic E-state index is 0.0220. The van der Waals surface area contributed by atoms with Crippen molar-refractivity contribution < 1.29 is 52.1 Å². The van der Waals surface area contributed by atoms with E-state index in [0.717, 1.165) is 12.0 Å². The van der Waals surface area contributed by atoms with E-state index < -0.39 is 42.3 Å². The number of carboxylic acid groups (broad SMARTS) is 2. The second-order valence-corrected chi connectivity index (χ2v) is 7.80. The molecule has 0 bridgehead atoms. The van der Waals surface area contributed by atoms with Crippen LogP contribution in [0.15, 0.2) is 29.4 Å². The van der Waals surface area contributed by atoms with Gasteiger partial charge in [-0.3, -0.25) is 10.2 Å². The van der Waals surface area contributed by atoms with Gasteiger partial charge < -0.3 is 36.2 Å². The van der Waals surface area contributed by atoms with E-state index in [1.807, 2.05) is 6.92 Å². The first-order chi connectivity index (χ1) is 17.7. The highest BCUT2D eigenvalue weighted by Gasteiger charge is 2.38. The van der Waals surface area contributed by atoms with Gasteiger partial charge in [0.05, 0.1) is 18.7 Å². The number of hydrogen-bond acceptors (Lipinski definition) is 8. The largest absolute Gasteiger partial charge is 0.490 e. The number of nitrogens with zero attached hydrogens (tertiary/aromatic N) is 1. The number of oxime groups is 1. The molecule has 1 aromatic carbocycles. The maximum atomic E-state index is 12.2. The number of hydrogen-bond donors (Lipinski definition) is 6. The van der Waals surface area contributed by atoms with E-state index in [1.54, 1.807) is 24.3 Å². The number of carboxylic acids is 2. The molecule has 210 valence electrons. The molecule has 2 amide bonds. The van der Waals surface area contributed by atoms with Crippen LogP contribution >= 0.6 is 0 Å². The van der Waals surface area contributed by atoms with Gasteiger partial charge in [-0.15, -0.1) is 0 Å². The number of carbonyl (C=O) groups is 4. The maximum Gasteiger partial charge on any atom is 0.490 e. The number of amides is 2. The first-order valence-electron chi connectivity index (χ1n) is 11.1. The van der Waals surface area contributed by atoms with Crippen molar-refractivity contribution in [1.82, 2.24) is 10.6 Å². The lowest BCUT2D eigenvalue weighted by Gasteiger charge is -2.16. The summed E-state index contributed by atoms with van der Waals surface area (Å²) < 4.78 is 36.6. The van der Waals surface area contributed by atoms with Crippen LogP contribution in [0.25, 0.3) is 0 Å². The molecule has 16 heteroatoms. The summed E-state index contributed by atoms with van der Waals surface area (Å²) in [6, 6.07) is 5.63. The van der Waals surface area contributed by atoms with Crippen molar-refractivity contribution in [3.05, 3.63) is 35.4 Å². The number of alkyl halides is 3. The van der Waals surface area contributed by atoms with E-state index in [9.17, 15) is 32.7 Å². The molecule has 0 aromatic heterocycles. The Morgan fingerprint density at radius 3 is 2.34 bits per heavy atom. The van der Waals surface area contributed by atoms with Gasteiger partial charge in [0.1, 0.15) is 18.0 Å². The van der Waals surface area contributed by atoms with Crippen LogP contribution in [0.2, 0.25) is 0 Å². The molecular weight excluding hydrogens is 519 g/mol. The van der Waals surface area contributed by atoms with Gasteiger partial charge in [-0.2, -0.15) is 13.2 Å². The second-order valence-electron chi connectivity index (χ2n) is 7.80. The molecule has 0 spiro atoms. The molecule has 13 nitrogen and oxygen atoms in total. The maximum absolute atomic E-state index is 12.2. The Morgan fingerprint density at radius 2 is 1.84 bits per heavy atom. The van der Waals surface area contributed by atoms with E-state index in [0.29, 0.717) is 24.1 Å². The summed E-state index contributed by atoms with van der Waals surface area (Å²) in [5.74, 6) is -4.51. The number of amidine groups is 1. The molecule has 1 unspecified atom stereocenters. The van der Waals surface area contributed by atoms with E-state index >= 15 is 0 Å². The normalized spacial score (nSPS) is 15.1. The number of aliphatic carboxylic acids is 2. The van der Waals surface area contributed by atoms with E-state index in [1.165, 1.54) is 0 Å². The average Bonchev–Trinajstić information content (AvgIpc) is 3.30. The number of nitrogens with one attached hydrogen (secondary N) is 3. The summed E-state index contributed by atoms with van der Waals surface area (Å²) >= 11 is 0. The number of unbranched alkanes of at least 4 members (excludes halogenated alkanes) is 1. The third kappa shape index (κ3) is 11.6. The number of ether oxygens (including phenoxy) is 1. The van der Waals surface area contributed by atoms with Gasteiger partial charge in [0.25, 0.3) is 0 Å². The van der Waals surface area contributed by atoms with E-state index in [4.69, 9.17) is 30.6 Å². The topological polar surface area (TPSA) is 213 Å². The highest BCUT2D eigenvalue weighted by atomic mass is 19.4. The van der Waals surface area contributed by atoms with Gasteiger partial charge in [0.2, 0.25) is 5.91 Å². The second kappa shape index (κ2) is 15.0. The fourth-order valence-electron chi connectivity index (χ4n) is 2.74. The molecule has 0 radical (unpaired) electrons. The van der Waals surface area contributed by atoms with Crippen LogP contribution in [0.1, 0.15) is 43.7 Å². The van der Waals surface area contributed by atoms with Crippen molar-refractivity contribution in [3.63, 3.8) is 0 Å². The first kappa shape index (κ1) is 31.7. The molecule has 7 N–H and O–H groups in total. The summed E-state index contributed by atoms with van der Waals surface area (Å²) in [4.78, 5) is 49.3. The van der Waals surface area contributed by atoms with Crippen LogP contribution in [-0.4, -0.2) is 77.2 Å². The van der Waals surface area contributed by atoms with Crippen molar-refractivity contribution in [2.45, 2.75) is 50.9 Å². The highest BCUT2D eigenvalue weighted by Crippen LogP contribution is 2.19. The monoisotopic (exact) mass is 547 g/mol. The lowest BCUT2D eigenvalue weighted by molar-refractivity contribution is -0.192. The number of nitrogens with two attached hydrogens (primary N) is 1. The minimum atomic E-state index is -5.08. The van der Waals surface area contributed by atoms with Crippen LogP contribution in [0.4, 0.5) is 18.0 Å². The van der Waals surface area contributed by atoms with Crippen molar-refractivity contribution in [2.24, 2.45) is 10.9 Å². The number of alkyl carbamates (subject to hydrolysis) is 1. The van der Waals surface area contributed by atoms with Crippen LogP contribution in [0.5, 0.6) is 0 Å². The molecule has 1 heterocycles. The van der Waals surface area contributed by atoms with Crippen LogP contribution in [0.3, 0.4) is 0 Å². The number of carbonyl (C=O) groups excluding carboxylic acids is 2. The molecular formula is C22H28F3N5O8. The lowest BCUT2D eigenvalue weighted by Crippen LogP contribution is -2.48. The standard InChI is InChI=1S/C20H27N5O6.C2HF3O2/c1-2-3-8-30-20(29)24-16(19(27)28)11-23-17(26)10-14-9-15(25-31-14)12-4-6-13(7-5-12)18(21)22;3-2(4,5)1(6)7/h4-7,14,16H,2-3,8-11H2,1H3,(H3,21,22)(H,23,26)(H,24,29)(H,27,28);(H,6,7)/t14?,16-;/m0./s1. The molecule has 0 saturated heterocycles. The predicted octanol–water partition coefficient (Wildman–Crippen LogP) is 1.58. The number of benzene rings is 1. The zero-order chi connectivity index (χ0) is 28.9. The third-order valence-corrected chi connectivity index (χ3v) is 4.74. The fourth-order valence-corrected chi connectivity index (χ4v) is 2.74. The Labute approximate surface area is 214 Å². The third-order valence-electron chi connectivity index (χ3n) is 4.74. The summed E-state index contributed by atoms with van der Waals surface area (Å²) in [7, 11) is 0. The lowest BCUT2D eigenvalue weighted by atomic mass is 10.0. The van der Waals surface area contributed by atoms with Gasteiger partial charge in [-0.1, -0.05) is 42.8 Å². The van der Waals surface area contributed by atoms with Crippen molar-refractivity contribution in [3.8, 4) is 0 Å². The van der Waals surface area contributed by atoms with Gasteiger partial charge in [0.15, 0.2) is 0 Å². The van der Waals surface area contributed by atoms with Crippen LogP contribution in [0, 0.1) is 5.41 Å². The summed E-state index contributed by atoms with van der Waals surface area (Å²) in [6.07, 6.45) is -4.53. The zero-order valence-corrected chi connectivity index (χ0v) is 20.2. The van der Waals surface area contributed by atoms with E-state index in [-0.39, 0.29) is 25.4 Å². The van der Waals surface area contributed by atoms with Gasteiger partial charge in [-0.25, -0.2) is 14.4 Å². The first-order valence-corrected chi connectivity index (χ1v) is 11.1. The number of rotatable bonds is 11. The Kier molecular flexibility index (Phi) is 12.5. The van der Waals surface area contributed by atoms with Crippen molar-refractivity contribution >= 4 is 35.5 Å². The Hall–Kier alpha value is -4.37. The van der Waals surface area contributed by atoms with Gasteiger partial charge in [0, 0.05) is 18.5 Å². The molecule has 1 aliphatic heterocycles.